The van der Waals surface area contributed by atoms with Gasteiger partial charge in [0.25, 0.3) is 0 Å². The zero-order valence-electron chi connectivity index (χ0n) is 9.03. The van der Waals surface area contributed by atoms with E-state index in [0.29, 0.717) is 5.56 Å². The van der Waals surface area contributed by atoms with Gasteiger partial charge in [0, 0.05) is 12.6 Å². The Hall–Kier alpha value is -1.42. The molecule has 1 aliphatic heterocycles. The van der Waals surface area contributed by atoms with Crippen molar-refractivity contribution in [2.24, 2.45) is 0 Å². The van der Waals surface area contributed by atoms with Crippen molar-refractivity contribution >= 4 is 5.91 Å². The highest BCUT2D eigenvalue weighted by Crippen LogP contribution is 2.45. The molecular weight excluding hydrogens is 207 g/mol. The fourth-order valence-corrected chi connectivity index (χ4v) is 2.34. The van der Waals surface area contributed by atoms with Crippen LogP contribution in [0, 0.1) is 5.82 Å². The molecule has 0 bridgehead atoms. The van der Waals surface area contributed by atoms with Crippen molar-refractivity contribution < 1.29 is 9.18 Å². The van der Waals surface area contributed by atoms with Crippen LogP contribution in [-0.4, -0.2) is 23.4 Å². The summed E-state index contributed by atoms with van der Waals surface area (Å²) in [6.07, 6.45) is 1.40. The molecule has 1 spiro atoms. The molecule has 1 aromatic carbocycles. The summed E-state index contributed by atoms with van der Waals surface area (Å²) in [4.78, 5) is 13.5. The van der Waals surface area contributed by atoms with Crippen LogP contribution < -0.4 is 5.32 Å². The summed E-state index contributed by atoms with van der Waals surface area (Å²) in [5.74, 6) is -0.182. The van der Waals surface area contributed by atoms with Gasteiger partial charge in [0.1, 0.15) is 17.5 Å². The van der Waals surface area contributed by atoms with Crippen LogP contribution in [0.5, 0.6) is 0 Å². The molecule has 0 aromatic heterocycles. The number of nitrogens with zero attached hydrogens (tertiary/aromatic N) is 1. The van der Waals surface area contributed by atoms with Crippen molar-refractivity contribution in [2.75, 3.05) is 7.05 Å². The summed E-state index contributed by atoms with van der Waals surface area (Å²) in [5, 5.41) is 3.23. The van der Waals surface area contributed by atoms with Gasteiger partial charge in [0.15, 0.2) is 0 Å². The maximum Gasteiger partial charge on any atom is 0.244 e. The molecule has 3 nitrogen and oxygen atoms in total. The average Bonchev–Trinajstić information content (AvgIpc) is 3.02. The monoisotopic (exact) mass is 220 g/mol. The minimum Gasteiger partial charge on any atom is -0.324 e. The molecule has 4 heteroatoms. The van der Waals surface area contributed by atoms with Crippen molar-refractivity contribution in [3.63, 3.8) is 0 Å². The zero-order chi connectivity index (χ0) is 11.3. The van der Waals surface area contributed by atoms with Crippen molar-refractivity contribution in [1.29, 1.82) is 0 Å². The highest BCUT2D eigenvalue weighted by atomic mass is 19.1. The molecule has 0 radical (unpaired) electrons. The van der Waals surface area contributed by atoms with Crippen LogP contribution in [0.4, 0.5) is 4.39 Å². The Morgan fingerprint density at radius 3 is 2.69 bits per heavy atom. The fourth-order valence-electron chi connectivity index (χ4n) is 2.34. The van der Waals surface area contributed by atoms with Crippen molar-refractivity contribution in [3.8, 4) is 0 Å². The van der Waals surface area contributed by atoms with Gasteiger partial charge in [-0.1, -0.05) is 18.2 Å². The number of carbonyl (C=O) groups is 1. The lowest BCUT2D eigenvalue weighted by Crippen LogP contribution is -2.30. The smallest absolute Gasteiger partial charge is 0.244 e. The molecule has 84 valence electrons. The van der Waals surface area contributed by atoms with E-state index < -0.39 is 0 Å². The first-order valence-corrected chi connectivity index (χ1v) is 5.43. The molecule has 1 atom stereocenters. The molecule has 1 saturated heterocycles. The molecule has 16 heavy (non-hydrogen) atoms. The molecule has 1 aliphatic carbocycles. The van der Waals surface area contributed by atoms with Crippen molar-refractivity contribution in [3.05, 3.63) is 35.6 Å². The van der Waals surface area contributed by atoms with E-state index in [1.165, 1.54) is 6.07 Å². The summed E-state index contributed by atoms with van der Waals surface area (Å²) in [6, 6.07) is 6.59. The number of benzene rings is 1. The van der Waals surface area contributed by atoms with E-state index in [1.807, 2.05) is 0 Å². The van der Waals surface area contributed by atoms with Gasteiger partial charge in [-0.3, -0.25) is 10.1 Å². The SMILES string of the molecule is CN1C(=O)C2(CC2)NC1c1ccccc1F. The van der Waals surface area contributed by atoms with E-state index >= 15 is 0 Å². The number of hydrogen-bond donors (Lipinski definition) is 1. The van der Waals surface area contributed by atoms with E-state index in [-0.39, 0.29) is 23.4 Å². The topological polar surface area (TPSA) is 32.3 Å². The summed E-state index contributed by atoms with van der Waals surface area (Å²) >= 11 is 0. The Kier molecular flexibility index (Phi) is 1.86. The van der Waals surface area contributed by atoms with E-state index in [9.17, 15) is 9.18 Å². The molecule has 1 unspecified atom stereocenters. The number of hydrogen-bond acceptors (Lipinski definition) is 2. The van der Waals surface area contributed by atoms with Gasteiger partial charge >= 0.3 is 0 Å². The van der Waals surface area contributed by atoms with Gasteiger partial charge in [-0.15, -0.1) is 0 Å². The van der Waals surface area contributed by atoms with Crippen LogP contribution in [-0.2, 0) is 4.79 Å². The number of halogens is 1. The van der Waals surface area contributed by atoms with Crippen molar-refractivity contribution in [1.82, 2.24) is 10.2 Å². The number of amides is 1. The minimum atomic E-state index is -0.387. The Bertz CT molecular complexity index is 456. The van der Waals surface area contributed by atoms with Crippen LogP contribution in [0.2, 0.25) is 0 Å². The Labute approximate surface area is 93.2 Å². The molecule has 1 amide bonds. The predicted molar refractivity (Wildman–Crippen MR) is 57.0 cm³/mol. The van der Waals surface area contributed by atoms with Gasteiger partial charge < -0.3 is 4.90 Å². The molecule has 2 fully saturated rings. The Morgan fingerprint density at radius 2 is 2.12 bits per heavy atom. The molecule has 1 N–H and O–H groups in total. The quantitative estimate of drug-likeness (QED) is 0.776. The molecule has 1 aromatic rings. The second-order valence-electron chi connectivity index (χ2n) is 4.57. The lowest BCUT2D eigenvalue weighted by molar-refractivity contribution is -0.129. The van der Waals surface area contributed by atoms with Gasteiger partial charge in [0.05, 0.1) is 0 Å². The van der Waals surface area contributed by atoms with Crippen LogP contribution in [0.1, 0.15) is 24.6 Å². The minimum absolute atomic E-state index is 0.0840. The molecule has 1 heterocycles. The third kappa shape index (κ3) is 1.19. The standard InChI is InChI=1S/C12H13FN2O/c1-15-10(8-4-2-3-5-9(8)13)14-12(6-7-12)11(15)16/h2-5,10,14H,6-7H2,1H3. The van der Waals surface area contributed by atoms with Gasteiger partial charge in [0.2, 0.25) is 5.91 Å². The lowest BCUT2D eigenvalue weighted by atomic mass is 10.1. The first-order valence-electron chi connectivity index (χ1n) is 5.43. The van der Waals surface area contributed by atoms with Gasteiger partial charge in [-0.25, -0.2) is 4.39 Å². The summed E-state index contributed by atoms with van der Waals surface area (Å²) < 4.78 is 13.6. The second-order valence-corrected chi connectivity index (χ2v) is 4.57. The number of nitrogens with one attached hydrogen (secondary N) is 1. The normalized spacial score (nSPS) is 26.5. The summed E-state index contributed by atoms with van der Waals surface area (Å²) in [5.41, 5.74) is 0.156. The molecule has 3 rings (SSSR count). The molecular formula is C12H13FN2O. The number of rotatable bonds is 1. The zero-order valence-corrected chi connectivity index (χ0v) is 9.03. The van der Waals surface area contributed by atoms with E-state index in [1.54, 1.807) is 30.1 Å². The van der Waals surface area contributed by atoms with Crippen LogP contribution in [0.15, 0.2) is 24.3 Å². The maximum absolute atomic E-state index is 13.6. The van der Waals surface area contributed by atoms with Crippen LogP contribution in [0.25, 0.3) is 0 Å². The predicted octanol–water partition coefficient (Wildman–Crippen LogP) is 1.42. The summed E-state index contributed by atoms with van der Waals surface area (Å²) in [7, 11) is 1.72. The second kappa shape index (κ2) is 3.04. The molecule has 1 saturated carbocycles. The largest absolute Gasteiger partial charge is 0.324 e. The number of likely N-dealkylation sites (N-methyl/N-ethyl adjacent to an activating group) is 1. The van der Waals surface area contributed by atoms with Gasteiger partial charge in [-0.2, -0.15) is 0 Å². The highest BCUT2D eigenvalue weighted by molar-refractivity contribution is 5.91. The third-order valence-corrected chi connectivity index (χ3v) is 3.48. The highest BCUT2D eigenvalue weighted by Gasteiger charge is 2.58. The van der Waals surface area contributed by atoms with E-state index in [2.05, 4.69) is 5.32 Å². The van der Waals surface area contributed by atoms with Crippen molar-refractivity contribution in [2.45, 2.75) is 24.5 Å². The average molecular weight is 220 g/mol. The maximum atomic E-state index is 13.6. The fraction of sp³-hybridized carbons (Fsp3) is 0.417. The van der Waals surface area contributed by atoms with E-state index in [4.69, 9.17) is 0 Å². The van der Waals surface area contributed by atoms with E-state index in [0.717, 1.165) is 12.8 Å². The van der Waals surface area contributed by atoms with Crippen LogP contribution in [0.3, 0.4) is 0 Å². The third-order valence-electron chi connectivity index (χ3n) is 3.48. The molecule has 2 aliphatic rings. The Balaban J connectivity index is 1.97. The van der Waals surface area contributed by atoms with Crippen LogP contribution >= 0.6 is 0 Å². The first-order chi connectivity index (χ1) is 7.64. The number of carbonyl (C=O) groups excluding carboxylic acids is 1. The first kappa shape index (κ1) is 9.78. The summed E-state index contributed by atoms with van der Waals surface area (Å²) in [6.45, 7) is 0. The Morgan fingerprint density at radius 1 is 1.44 bits per heavy atom. The lowest BCUT2D eigenvalue weighted by Gasteiger charge is -2.19. The van der Waals surface area contributed by atoms with Gasteiger partial charge in [-0.05, 0) is 18.9 Å².